The SMILES string of the molecule is COc1cccc(C(=O)N/C(=C/c2ccc(-c3ccccc3)cc2)C(=O)C[C@@H](CSCc2ccccc2)C(=O)O)c1. The van der Waals surface area contributed by atoms with Crippen molar-refractivity contribution in [3.05, 3.63) is 132 Å². The average Bonchev–Trinajstić information content (AvgIpc) is 3.01. The Kier molecular flexibility index (Phi) is 10.5. The lowest BCUT2D eigenvalue weighted by Crippen LogP contribution is -2.30. The van der Waals surface area contributed by atoms with Crippen molar-refractivity contribution in [1.29, 1.82) is 0 Å². The minimum atomic E-state index is -1.05. The molecule has 0 radical (unpaired) electrons. The van der Waals surface area contributed by atoms with Gasteiger partial charge in [0, 0.05) is 23.5 Å². The summed E-state index contributed by atoms with van der Waals surface area (Å²) < 4.78 is 5.22. The molecule has 0 fully saturated rings. The van der Waals surface area contributed by atoms with Crippen molar-refractivity contribution in [2.45, 2.75) is 12.2 Å². The van der Waals surface area contributed by atoms with Gasteiger partial charge in [0.1, 0.15) is 5.75 Å². The van der Waals surface area contributed by atoms with Gasteiger partial charge in [-0.05, 0) is 46.5 Å². The van der Waals surface area contributed by atoms with Gasteiger partial charge in [0.15, 0.2) is 5.78 Å². The first-order valence-electron chi connectivity index (χ1n) is 13.1. The summed E-state index contributed by atoms with van der Waals surface area (Å²) in [5.41, 5.74) is 4.20. The Hall–Kier alpha value is -4.62. The summed E-state index contributed by atoms with van der Waals surface area (Å²) in [6, 6.07) is 33.8. The van der Waals surface area contributed by atoms with Gasteiger partial charge >= 0.3 is 5.97 Å². The van der Waals surface area contributed by atoms with Crippen LogP contribution in [-0.4, -0.2) is 35.6 Å². The van der Waals surface area contributed by atoms with Gasteiger partial charge in [0.2, 0.25) is 0 Å². The zero-order chi connectivity index (χ0) is 29.0. The lowest BCUT2D eigenvalue weighted by molar-refractivity contribution is -0.142. The number of carboxylic acid groups (broad SMARTS) is 1. The quantitative estimate of drug-likeness (QED) is 0.175. The fourth-order valence-corrected chi connectivity index (χ4v) is 5.25. The van der Waals surface area contributed by atoms with E-state index in [2.05, 4.69) is 5.32 Å². The highest BCUT2D eigenvalue weighted by Crippen LogP contribution is 2.23. The number of benzene rings is 4. The van der Waals surface area contributed by atoms with Gasteiger partial charge in [0.25, 0.3) is 5.91 Å². The van der Waals surface area contributed by atoms with Crippen LogP contribution < -0.4 is 10.1 Å². The summed E-state index contributed by atoms with van der Waals surface area (Å²) in [5, 5.41) is 12.6. The van der Waals surface area contributed by atoms with Crippen molar-refractivity contribution in [1.82, 2.24) is 5.32 Å². The number of ether oxygens (including phenoxy) is 1. The highest BCUT2D eigenvalue weighted by Gasteiger charge is 2.24. The van der Waals surface area contributed by atoms with E-state index in [-0.39, 0.29) is 17.9 Å². The molecule has 0 spiro atoms. The Morgan fingerprint density at radius 1 is 0.854 bits per heavy atom. The molecule has 0 bridgehead atoms. The lowest BCUT2D eigenvalue weighted by Gasteiger charge is -2.15. The summed E-state index contributed by atoms with van der Waals surface area (Å²) in [6.45, 7) is 0. The number of methoxy groups -OCH3 is 1. The van der Waals surface area contributed by atoms with E-state index in [4.69, 9.17) is 4.74 Å². The first kappa shape index (κ1) is 29.4. The fraction of sp³-hybridized carbons (Fsp3) is 0.147. The molecule has 0 aliphatic heterocycles. The molecular weight excluding hydrogens is 534 g/mol. The van der Waals surface area contributed by atoms with E-state index in [1.165, 1.54) is 18.9 Å². The number of carbonyl (C=O) groups is 3. The minimum absolute atomic E-state index is 0.0320. The van der Waals surface area contributed by atoms with Crippen LogP contribution in [0.5, 0.6) is 5.75 Å². The normalized spacial score (nSPS) is 11.9. The van der Waals surface area contributed by atoms with Crippen LogP contribution in [0.1, 0.15) is 27.9 Å². The van der Waals surface area contributed by atoms with E-state index in [1.807, 2.05) is 84.9 Å². The highest BCUT2D eigenvalue weighted by atomic mass is 32.2. The molecule has 0 unspecified atom stereocenters. The number of allylic oxidation sites excluding steroid dienone is 1. The van der Waals surface area contributed by atoms with Gasteiger partial charge in [-0.1, -0.05) is 91.0 Å². The van der Waals surface area contributed by atoms with Crippen LogP contribution in [0, 0.1) is 5.92 Å². The number of nitrogens with one attached hydrogen (secondary N) is 1. The van der Waals surface area contributed by atoms with Gasteiger partial charge in [0.05, 0.1) is 18.7 Å². The summed E-state index contributed by atoms with van der Waals surface area (Å²) in [6.07, 6.45) is 1.34. The number of carboxylic acids is 1. The van der Waals surface area contributed by atoms with Crippen molar-refractivity contribution >= 4 is 35.5 Å². The number of hydrogen-bond acceptors (Lipinski definition) is 5. The van der Waals surface area contributed by atoms with Crippen LogP contribution in [0.2, 0.25) is 0 Å². The van der Waals surface area contributed by atoms with E-state index in [0.29, 0.717) is 22.6 Å². The van der Waals surface area contributed by atoms with Crippen LogP contribution in [0.4, 0.5) is 0 Å². The predicted molar refractivity (Wildman–Crippen MR) is 164 cm³/mol. The molecule has 0 aromatic heterocycles. The number of carbonyl (C=O) groups excluding carboxylic acids is 2. The average molecular weight is 566 g/mol. The second-order valence-corrected chi connectivity index (χ2v) is 10.4. The maximum atomic E-state index is 13.5. The van der Waals surface area contributed by atoms with Crippen molar-refractivity contribution in [3.8, 4) is 16.9 Å². The molecule has 0 heterocycles. The molecule has 6 nitrogen and oxygen atoms in total. The first-order valence-corrected chi connectivity index (χ1v) is 14.3. The molecule has 4 aromatic rings. The van der Waals surface area contributed by atoms with Crippen LogP contribution in [0.25, 0.3) is 17.2 Å². The van der Waals surface area contributed by atoms with Crippen LogP contribution in [-0.2, 0) is 15.3 Å². The molecule has 4 rings (SSSR count). The number of ketones is 1. The van der Waals surface area contributed by atoms with E-state index in [0.717, 1.165) is 16.7 Å². The summed E-state index contributed by atoms with van der Waals surface area (Å²) in [5.74, 6) is -1.50. The van der Waals surface area contributed by atoms with Gasteiger partial charge < -0.3 is 15.2 Å². The number of hydrogen-bond donors (Lipinski definition) is 2. The van der Waals surface area contributed by atoms with Crippen LogP contribution >= 0.6 is 11.8 Å². The van der Waals surface area contributed by atoms with Gasteiger partial charge in [-0.15, -0.1) is 0 Å². The third-order valence-corrected chi connectivity index (χ3v) is 7.60. The first-order chi connectivity index (χ1) is 19.9. The number of thioether (sulfide) groups is 1. The minimum Gasteiger partial charge on any atom is -0.497 e. The molecule has 0 aliphatic carbocycles. The van der Waals surface area contributed by atoms with Crippen LogP contribution in [0.3, 0.4) is 0 Å². The second-order valence-electron chi connectivity index (χ2n) is 9.40. The number of amides is 1. The third-order valence-electron chi connectivity index (χ3n) is 6.42. The summed E-state index contributed by atoms with van der Waals surface area (Å²) >= 11 is 1.46. The molecule has 2 N–H and O–H groups in total. The lowest BCUT2D eigenvalue weighted by atomic mass is 10.00. The van der Waals surface area contributed by atoms with Gasteiger partial charge in [-0.3, -0.25) is 14.4 Å². The maximum absolute atomic E-state index is 13.5. The van der Waals surface area contributed by atoms with E-state index in [9.17, 15) is 19.5 Å². The second kappa shape index (κ2) is 14.7. The summed E-state index contributed by atoms with van der Waals surface area (Å²) in [7, 11) is 1.51. The van der Waals surface area contributed by atoms with Crippen molar-refractivity contribution in [3.63, 3.8) is 0 Å². The predicted octanol–water partition coefficient (Wildman–Crippen LogP) is 6.73. The number of aliphatic carboxylic acids is 1. The molecular formula is C34H31NO5S. The van der Waals surface area contributed by atoms with E-state index < -0.39 is 23.6 Å². The smallest absolute Gasteiger partial charge is 0.307 e. The Bertz CT molecular complexity index is 1500. The molecule has 4 aromatic carbocycles. The molecule has 0 saturated carbocycles. The zero-order valence-electron chi connectivity index (χ0n) is 22.7. The van der Waals surface area contributed by atoms with Crippen molar-refractivity contribution in [2.75, 3.05) is 12.9 Å². The molecule has 7 heteroatoms. The molecule has 1 amide bonds. The Morgan fingerprint density at radius 3 is 2.17 bits per heavy atom. The third kappa shape index (κ3) is 8.68. The number of rotatable bonds is 13. The molecule has 0 saturated heterocycles. The maximum Gasteiger partial charge on any atom is 0.307 e. The monoisotopic (exact) mass is 565 g/mol. The molecule has 1 atom stereocenters. The van der Waals surface area contributed by atoms with Crippen molar-refractivity contribution in [2.24, 2.45) is 5.92 Å². The van der Waals surface area contributed by atoms with Gasteiger partial charge in [-0.25, -0.2) is 0 Å². The van der Waals surface area contributed by atoms with Crippen LogP contribution in [0.15, 0.2) is 115 Å². The zero-order valence-corrected chi connectivity index (χ0v) is 23.5. The highest BCUT2D eigenvalue weighted by molar-refractivity contribution is 7.98. The molecule has 208 valence electrons. The molecule has 41 heavy (non-hydrogen) atoms. The van der Waals surface area contributed by atoms with Crippen molar-refractivity contribution < 1.29 is 24.2 Å². The standard InChI is InChI=1S/C34H31NO5S/c1-40-30-14-8-13-28(20-30)33(37)35-31(19-24-15-17-27(18-16-24)26-11-6-3-7-12-26)32(36)21-29(34(38)39)23-41-22-25-9-4-2-5-10-25/h2-20,29H,21-23H2,1H3,(H,35,37)(H,38,39)/b31-19+/t29-/m0/s1. The Labute approximate surface area is 244 Å². The Morgan fingerprint density at radius 2 is 1.51 bits per heavy atom. The largest absolute Gasteiger partial charge is 0.497 e. The number of Topliss-reactive ketones (excluding diaryl/α,β-unsaturated/α-hetero) is 1. The van der Waals surface area contributed by atoms with E-state index >= 15 is 0 Å². The summed E-state index contributed by atoms with van der Waals surface area (Å²) in [4.78, 5) is 38.7. The van der Waals surface area contributed by atoms with Gasteiger partial charge in [-0.2, -0.15) is 11.8 Å². The Balaban J connectivity index is 1.54. The van der Waals surface area contributed by atoms with E-state index in [1.54, 1.807) is 30.3 Å². The molecule has 0 aliphatic rings. The topological polar surface area (TPSA) is 92.7 Å². The fourth-order valence-electron chi connectivity index (χ4n) is 4.16.